The summed E-state index contributed by atoms with van der Waals surface area (Å²) in [5.74, 6) is -0.109. The number of hydrogen-bond acceptors (Lipinski definition) is 5. The molecule has 2 fully saturated rings. The molecule has 1 amide bonds. The average molecular weight is 357 g/mol. The van der Waals surface area contributed by atoms with Gasteiger partial charge in [0.25, 0.3) is 11.9 Å². The fourth-order valence-corrected chi connectivity index (χ4v) is 3.37. The van der Waals surface area contributed by atoms with Crippen molar-refractivity contribution in [3.63, 3.8) is 0 Å². The van der Waals surface area contributed by atoms with Crippen LogP contribution >= 0.6 is 0 Å². The summed E-state index contributed by atoms with van der Waals surface area (Å²) >= 11 is 0. The van der Waals surface area contributed by atoms with Crippen molar-refractivity contribution in [3.8, 4) is 6.07 Å². The zero-order chi connectivity index (χ0) is 18.7. The van der Waals surface area contributed by atoms with Gasteiger partial charge in [-0.2, -0.15) is 5.26 Å². The van der Waals surface area contributed by atoms with Gasteiger partial charge < -0.3 is 9.64 Å². The van der Waals surface area contributed by atoms with Crippen molar-refractivity contribution >= 4 is 11.9 Å². The van der Waals surface area contributed by atoms with E-state index in [1.54, 1.807) is 23.1 Å². The molecule has 9 heteroatoms. The highest BCUT2D eigenvalue weighted by molar-refractivity contribution is 6.06. The Labute approximate surface area is 150 Å². The molecule has 0 aliphatic carbocycles. The van der Waals surface area contributed by atoms with Crippen LogP contribution in [0.25, 0.3) is 0 Å². The number of hydrogen-bond donors (Lipinski definition) is 0. The third-order valence-corrected chi connectivity index (χ3v) is 4.53. The Bertz CT molecular complexity index is 788. The van der Waals surface area contributed by atoms with Crippen molar-refractivity contribution in [2.45, 2.75) is 19.4 Å². The lowest BCUT2D eigenvalue weighted by atomic mass is 10.1. The van der Waals surface area contributed by atoms with Crippen molar-refractivity contribution in [3.05, 3.63) is 45.5 Å². The van der Waals surface area contributed by atoms with Gasteiger partial charge in [-0.05, 0) is 31.5 Å². The summed E-state index contributed by atoms with van der Waals surface area (Å²) in [5, 5.41) is 22.6. The van der Waals surface area contributed by atoms with Crippen molar-refractivity contribution in [2.75, 3.05) is 26.2 Å². The highest BCUT2D eigenvalue weighted by Gasteiger charge is 2.37. The lowest BCUT2D eigenvalue weighted by Crippen LogP contribution is -2.40. The average Bonchev–Trinajstić information content (AvgIpc) is 3.21. The molecule has 2 aliphatic heterocycles. The van der Waals surface area contributed by atoms with Crippen LogP contribution in [0.15, 0.2) is 29.4 Å². The SMILES string of the molecule is CC1CC(CN2CCN(C(=O)c3cccc(C#N)c3)C2=N[N+](=O)[O-])CO1. The van der Waals surface area contributed by atoms with Crippen LogP contribution in [0.4, 0.5) is 0 Å². The molecule has 0 aromatic heterocycles. The Kier molecular flexibility index (Phi) is 5.14. The van der Waals surface area contributed by atoms with Gasteiger partial charge in [0.1, 0.15) is 5.10 Å². The van der Waals surface area contributed by atoms with E-state index in [-0.39, 0.29) is 18.0 Å². The number of ether oxygens (including phenoxy) is 1. The van der Waals surface area contributed by atoms with Crippen molar-refractivity contribution < 1.29 is 14.6 Å². The molecule has 2 atom stereocenters. The topological polar surface area (TPSA) is 112 Å². The molecule has 0 N–H and O–H groups in total. The lowest BCUT2D eigenvalue weighted by Gasteiger charge is -2.22. The Morgan fingerprint density at radius 1 is 1.50 bits per heavy atom. The first kappa shape index (κ1) is 17.8. The number of nitrogens with zero attached hydrogens (tertiary/aromatic N) is 5. The molecule has 0 bridgehead atoms. The van der Waals surface area contributed by atoms with E-state index in [1.807, 2.05) is 13.0 Å². The number of nitro groups is 1. The van der Waals surface area contributed by atoms with E-state index in [1.165, 1.54) is 11.0 Å². The second kappa shape index (κ2) is 7.49. The Balaban J connectivity index is 1.81. The molecular formula is C17H19N5O4. The summed E-state index contributed by atoms with van der Waals surface area (Å²) < 4.78 is 5.55. The van der Waals surface area contributed by atoms with Gasteiger partial charge in [0, 0.05) is 31.1 Å². The van der Waals surface area contributed by atoms with Gasteiger partial charge in [0.05, 0.1) is 24.3 Å². The molecule has 1 aromatic carbocycles. The fraction of sp³-hybridized carbons (Fsp3) is 0.471. The highest BCUT2D eigenvalue weighted by Crippen LogP contribution is 2.23. The van der Waals surface area contributed by atoms with Crippen LogP contribution in [0.2, 0.25) is 0 Å². The third-order valence-electron chi connectivity index (χ3n) is 4.53. The predicted molar refractivity (Wildman–Crippen MR) is 91.7 cm³/mol. The van der Waals surface area contributed by atoms with Crippen LogP contribution in [0.3, 0.4) is 0 Å². The van der Waals surface area contributed by atoms with Crippen LogP contribution in [-0.2, 0) is 4.74 Å². The number of carbonyl (C=O) groups excluding carboxylic acids is 1. The molecule has 0 radical (unpaired) electrons. The third kappa shape index (κ3) is 3.81. The summed E-state index contributed by atoms with van der Waals surface area (Å²) in [6.45, 7) is 3.93. The quantitative estimate of drug-likeness (QED) is 0.593. The maximum absolute atomic E-state index is 12.8. The standard InChI is InChI=1S/C17H19N5O4/c1-12-7-14(11-26-12)10-20-5-6-21(17(20)19-22(24)25)16(23)15-4-2-3-13(8-15)9-18/h2-4,8,12,14H,5-7,10-11H2,1H3. The first-order valence-corrected chi connectivity index (χ1v) is 8.39. The largest absolute Gasteiger partial charge is 0.378 e. The molecule has 3 rings (SSSR count). The first-order chi connectivity index (χ1) is 12.5. The lowest BCUT2D eigenvalue weighted by molar-refractivity contribution is -0.486. The van der Waals surface area contributed by atoms with Crippen molar-refractivity contribution in [1.29, 1.82) is 5.26 Å². The van der Waals surface area contributed by atoms with Crippen molar-refractivity contribution in [2.24, 2.45) is 11.0 Å². The van der Waals surface area contributed by atoms with Crippen molar-refractivity contribution in [1.82, 2.24) is 9.80 Å². The van der Waals surface area contributed by atoms with E-state index in [0.29, 0.717) is 37.4 Å². The molecule has 2 unspecified atom stereocenters. The zero-order valence-electron chi connectivity index (χ0n) is 14.4. The number of benzene rings is 1. The minimum absolute atomic E-state index is 0.0434. The van der Waals surface area contributed by atoms with Crippen LogP contribution in [0.5, 0.6) is 0 Å². The Hall–Kier alpha value is -2.99. The van der Waals surface area contributed by atoms with E-state index < -0.39 is 10.9 Å². The van der Waals surface area contributed by atoms with Crippen LogP contribution in [0, 0.1) is 27.4 Å². The predicted octanol–water partition coefficient (Wildman–Crippen LogP) is 1.29. The van der Waals surface area contributed by atoms with E-state index in [4.69, 9.17) is 10.00 Å². The Morgan fingerprint density at radius 3 is 2.96 bits per heavy atom. The smallest absolute Gasteiger partial charge is 0.281 e. The first-order valence-electron chi connectivity index (χ1n) is 8.39. The molecule has 1 aromatic rings. The van der Waals surface area contributed by atoms with Gasteiger partial charge >= 0.3 is 0 Å². The molecule has 2 saturated heterocycles. The monoisotopic (exact) mass is 357 g/mol. The van der Waals surface area contributed by atoms with Gasteiger partial charge in [0.15, 0.2) is 5.03 Å². The molecule has 2 heterocycles. The molecule has 0 spiro atoms. The normalized spacial score (nSPS) is 24.1. The molecule has 0 saturated carbocycles. The number of nitriles is 1. The molecule has 136 valence electrons. The minimum atomic E-state index is -0.784. The van der Waals surface area contributed by atoms with Crippen LogP contribution < -0.4 is 0 Å². The molecular weight excluding hydrogens is 338 g/mol. The number of amides is 1. The van der Waals surface area contributed by atoms with E-state index in [9.17, 15) is 14.9 Å². The summed E-state index contributed by atoms with van der Waals surface area (Å²) in [6.07, 6.45) is 1.05. The number of guanidine groups is 1. The van der Waals surface area contributed by atoms with Gasteiger partial charge in [-0.15, -0.1) is 0 Å². The second-order valence-corrected chi connectivity index (χ2v) is 6.48. The number of rotatable bonds is 4. The fourth-order valence-electron chi connectivity index (χ4n) is 3.37. The number of hydrazone groups is 1. The summed E-state index contributed by atoms with van der Waals surface area (Å²) in [7, 11) is 0. The summed E-state index contributed by atoms with van der Waals surface area (Å²) in [5.41, 5.74) is 0.663. The molecule has 26 heavy (non-hydrogen) atoms. The van der Waals surface area contributed by atoms with Crippen LogP contribution in [-0.4, -0.2) is 59.0 Å². The van der Waals surface area contributed by atoms with Crippen LogP contribution in [0.1, 0.15) is 29.3 Å². The maximum Gasteiger partial charge on any atom is 0.281 e. The van der Waals surface area contributed by atoms with E-state index in [0.717, 1.165) is 6.42 Å². The maximum atomic E-state index is 12.8. The number of carbonyl (C=O) groups is 1. The van der Waals surface area contributed by atoms with Gasteiger partial charge in [0.2, 0.25) is 0 Å². The molecule has 2 aliphatic rings. The van der Waals surface area contributed by atoms with E-state index >= 15 is 0 Å². The highest BCUT2D eigenvalue weighted by atomic mass is 16.7. The Morgan fingerprint density at radius 2 is 2.31 bits per heavy atom. The second-order valence-electron chi connectivity index (χ2n) is 6.48. The van der Waals surface area contributed by atoms with Gasteiger partial charge in [-0.1, -0.05) is 6.07 Å². The minimum Gasteiger partial charge on any atom is -0.378 e. The van der Waals surface area contributed by atoms with E-state index in [2.05, 4.69) is 5.10 Å². The summed E-state index contributed by atoms with van der Waals surface area (Å²) in [6, 6.07) is 8.25. The van der Waals surface area contributed by atoms with Gasteiger partial charge in [-0.3, -0.25) is 9.69 Å². The molecule has 9 nitrogen and oxygen atoms in total. The summed E-state index contributed by atoms with van der Waals surface area (Å²) in [4.78, 5) is 26.9. The zero-order valence-corrected chi connectivity index (χ0v) is 14.4. The van der Waals surface area contributed by atoms with Gasteiger partial charge in [-0.25, -0.2) is 10.1 Å².